The van der Waals surface area contributed by atoms with Crippen LogP contribution in [0.4, 0.5) is 5.82 Å². The van der Waals surface area contributed by atoms with Crippen LogP contribution in [0.5, 0.6) is 0 Å². The topological polar surface area (TPSA) is 58.9 Å². The third-order valence-corrected chi connectivity index (χ3v) is 7.80. The molecular formula is C34H48N6. The van der Waals surface area contributed by atoms with Crippen molar-refractivity contribution in [3.63, 3.8) is 0 Å². The van der Waals surface area contributed by atoms with E-state index in [0.29, 0.717) is 0 Å². The van der Waals surface area contributed by atoms with E-state index in [9.17, 15) is 0 Å². The number of nitrogens with one attached hydrogen (secondary N) is 1. The number of nitrogens with zero attached hydrogens (tertiary/aromatic N) is 5. The van der Waals surface area contributed by atoms with Crippen molar-refractivity contribution in [1.82, 2.24) is 25.1 Å². The minimum absolute atomic E-state index is 0.0796. The molecule has 6 nitrogen and oxygen atoms in total. The Kier molecular flexibility index (Phi) is 9.96. The number of benzene rings is 2. The molecule has 1 saturated carbocycles. The SMILES string of the molecule is CC1CCC(CNCc2cc(C(C)(C)C)nn2Cc2ccccc2)CC1.Cc1nc(N(C)C)c2ccccc2n1. The van der Waals surface area contributed by atoms with Gasteiger partial charge < -0.3 is 10.2 Å². The summed E-state index contributed by atoms with van der Waals surface area (Å²) in [6.07, 6.45) is 5.55. The van der Waals surface area contributed by atoms with E-state index in [4.69, 9.17) is 5.10 Å². The van der Waals surface area contributed by atoms with Crippen LogP contribution in [0.15, 0.2) is 60.7 Å². The molecule has 0 atom stereocenters. The van der Waals surface area contributed by atoms with Crippen LogP contribution in [0.25, 0.3) is 10.9 Å². The molecule has 0 amide bonds. The zero-order chi connectivity index (χ0) is 28.7. The largest absolute Gasteiger partial charge is 0.362 e. The summed E-state index contributed by atoms with van der Waals surface area (Å²) < 4.78 is 2.19. The Morgan fingerprint density at radius 3 is 2.27 bits per heavy atom. The molecule has 0 unspecified atom stereocenters. The number of hydrogen-bond acceptors (Lipinski definition) is 5. The number of aryl methyl sites for hydroxylation is 1. The fourth-order valence-electron chi connectivity index (χ4n) is 5.31. The first kappa shape index (κ1) is 29.7. The van der Waals surface area contributed by atoms with Crippen molar-refractivity contribution in [1.29, 1.82) is 0 Å². The fraction of sp³-hybridized carbons (Fsp3) is 0.500. The number of hydrogen-bond donors (Lipinski definition) is 1. The van der Waals surface area contributed by atoms with Crippen molar-refractivity contribution in [2.24, 2.45) is 11.8 Å². The molecule has 5 rings (SSSR count). The first-order valence-corrected chi connectivity index (χ1v) is 14.8. The lowest BCUT2D eigenvalue weighted by Crippen LogP contribution is -2.26. The summed E-state index contributed by atoms with van der Waals surface area (Å²) in [4.78, 5) is 10.8. The van der Waals surface area contributed by atoms with Gasteiger partial charge in [-0.15, -0.1) is 0 Å². The van der Waals surface area contributed by atoms with Gasteiger partial charge in [-0.2, -0.15) is 5.10 Å². The van der Waals surface area contributed by atoms with Gasteiger partial charge >= 0.3 is 0 Å². The van der Waals surface area contributed by atoms with E-state index in [1.165, 1.54) is 42.6 Å². The molecule has 1 aliphatic carbocycles. The van der Waals surface area contributed by atoms with E-state index in [1.807, 2.05) is 50.2 Å². The average molecular weight is 541 g/mol. The highest BCUT2D eigenvalue weighted by molar-refractivity contribution is 5.89. The predicted octanol–water partition coefficient (Wildman–Crippen LogP) is 7.15. The van der Waals surface area contributed by atoms with Gasteiger partial charge in [0.2, 0.25) is 0 Å². The maximum absolute atomic E-state index is 4.93. The minimum atomic E-state index is 0.0796. The molecule has 1 fully saturated rings. The van der Waals surface area contributed by atoms with Crippen molar-refractivity contribution < 1.29 is 0 Å². The zero-order valence-corrected chi connectivity index (χ0v) is 25.6. The van der Waals surface area contributed by atoms with Crippen molar-refractivity contribution >= 4 is 16.7 Å². The number of aromatic nitrogens is 4. The standard InChI is InChI=1S/C23H35N3.C11H13N3/c1-18-10-12-19(13-11-18)15-24-16-21-14-22(23(2,3)4)25-26(21)17-20-8-6-5-7-9-20;1-8-12-10-7-5-4-6-9(10)11(13-8)14(2)3/h5-9,14,18-19,24H,10-13,15-17H2,1-4H3;4-7H,1-3H3. The lowest BCUT2D eigenvalue weighted by atomic mass is 9.83. The Morgan fingerprint density at radius 1 is 0.925 bits per heavy atom. The van der Waals surface area contributed by atoms with Crippen LogP contribution in [0.2, 0.25) is 0 Å². The second-order valence-corrected chi connectivity index (χ2v) is 12.7. The highest BCUT2D eigenvalue weighted by Crippen LogP contribution is 2.28. The Hall–Kier alpha value is -3.25. The molecule has 2 aromatic carbocycles. The number of anilines is 1. The van der Waals surface area contributed by atoms with E-state index in [0.717, 1.165) is 54.0 Å². The van der Waals surface area contributed by atoms with E-state index >= 15 is 0 Å². The molecule has 1 aliphatic rings. The third kappa shape index (κ3) is 8.14. The smallest absolute Gasteiger partial charge is 0.139 e. The maximum Gasteiger partial charge on any atom is 0.139 e. The molecule has 0 saturated heterocycles. The Labute approximate surface area is 241 Å². The predicted molar refractivity (Wildman–Crippen MR) is 168 cm³/mol. The van der Waals surface area contributed by atoms with Crippen molar-refractivity contribution in [3.8, 4) is 0 Å². The molecule has 4 aromatic rings. The Balaban J connectivity index is 0.000000222. The van der Waals surface area contributed by atoms with E-state index in [1.54, 1.807) is 0 Å². The molecule has 40 heavy (non-hydrogen) atoms. The summed E-state index contributed by atoms with van der Waals surface area (Å²) in [5.74, 6) is 3.56. The van der Waals surface area contributed by atoms with Crippen LogP contribution in [0.3, 0.4) is 0 Å². The molecule has 0 spiro atoms. The lowest BCUT2D eigenvalue weighted by molar-refractivity contribution is 0.281. The van der Waals surface area contributed by atoms with Gasteiger partial charge in [-0.1, -0.05) is 83.0 Å². The van der Waals surface area contributed by atoms with Gasteiger partial charge in [-0.3, -0.25) is 4.68 Å². The molecular weight excluding hydrogens is 492 g/mol. The van der Waals surface area contributed by atoms with Crippen LogP contribution in [0.1, 0.15) is 76.2 Å². The second-order valence-electron chi connectivity index (χ2n) is 12.7. The first-order chi connectivity index (χ1) is 19.1. The van der Waals surface area contributed by atoms with Gasteiger partial charge in [0.25, 0.3) is 0 Å². The van der Waals surface area contributed by atoms with Crippen molar-refractivity contribution in [2.75, 3.05) is 25.5 Å². The second kappa shape index (κ2) is 13.4. The molecule has 214 valence electrons. The number of fused-ring (bicyclic) bond motifs is 1. The summed E-state index contributed by atoms with van der Waals surface area (Å²) in [5, 5.41) is 9.75. The summed E-state index contributed by atoms with van der Waals surface area (Å²) in [7, 11) is 3.99. The van der Waals surface area contributed by atoms with Gasteiger partial charge in [-0.05, 0) is 61.9 Å². The average Bonchev–Trinajstić information content (AvgIpc) is 3.33. The molecule has 0 aliphatic heterocycles. The molecule has 0 bridgehead atoms. The van der Waals surface area contributed by atoms with Crippen LogP contribution >= 0.6 is 0 Å². The molecule has 1 N–H and O–H groups in total. The van der Waals surface area contributed by atoms with Crippen molar-refractivity contribution in [3.05, 3.63) is 83.4 Å². The highest BCUT2D eigenvalue weighted by Gasteiger charge is 2.21. The summed E-state index contributed by atoms with van der Waals surface area (Å²) in [5.41, 5.74) is 4.86. The summed E-state index contributed by atoms with van der Waals surface area (Å²) in [6.45, 7) is 13.9. The van der Waals surface area contributed by atoms with Crippen LogP contribution in [-0.2, 0) is 18.5 Å². The normalized spacial score (nSPS) is 17.4. The first-order valence-electron chi connectivity index (χ1n) is 14.8. The quantitative estimate of drug-likeness (QED) is 0.270. The van der Waals surface area contributed by atoms with Gasteiger partial charge in [0, 0.05) is 31.4 Å². The van der Waals surface area contributed by atoms with Gasteiger partial charge in [0.1, 0.15) is 11.6 Å². The molecule has 2 heterocycles. The van der Waals surface area contributed by atoms with E-state index < -0.39 is 0 Å². The van der Waals surface area contributed by atoms with Crippen LogP contribution in [-0.4, -0.2) is 40.4 Å². The van der Waals surface area contributed by atoms with Gasteiger partial charge in [0.05, 0.1) is 23.4 Å². The Morgan fingerprint density at radius 2 is 1.60 bits per heavy atom. The Bertz CT molecular complexity index is 1340. The fourth-order valence-corrected chi connectivity index (χ4v) is 5.31. The number of rotatable bonds is 7. The third-order valence-electron chi connectivity index (χ3n) is 7.80. The van der Waals surface area contributed by atoms with E-state index in [2.05, 4.69) is 84.1 Å². The molecule has 0 radical (unpaired) electrons. The molecule has 2 aromatic heterocycles. The van der Waals surface area contributed by atoms with Crippen LogP contribution in [0, 0.1) is 18.8 Å². The number of para-hydroxylation sites is 1. The zero-order valence-electron chi connectivity index (χ0n) is 25.6. The maximum atomic E-state index is 4.93. The van der Waals surface area contributed by atoms with Gasteiger partial charge in [0.15, 0.2) is 0 Å². The lowest BCUT2D eigenvalue weighted by Gasteiger charge is -2.26. The highest BCUT2D eigenvalue weighted by atomic mass is 15.3. The summed E-state index contributed by atoms with van der Waals surface area (Å²) in [6, 6.07) is 21.0. The molecule has 6 heteroatoms. The van der Waals surface area contributed by atoms with Gasteiger partial charge in [-0.25, -0.2) is 9.97 Å². The van der Waals surface area contributed by atoms with Crippen molar-refractivity contribution in [2.45, 2.75) is 78.8 Å². The minimum Gasteiger partial charge on any atom is -0.362 e. The van der Waals surface area contributed by atoms with E-state index in [-0.39, 0.29) is 5.41 Å². The monoisotopic (exact) mass is 540 g/mol. The summed E-state index contributed by atoms with van der Waals surface area (Å²) >= 11 is 0. The van der Waals surface area contributed by atoms with Crippen LogP contribution < -0.4 is 10.2 Å².